The molecule has 1 aliphatic heterocycles. The molecule has 3 aliphatic rings. The maximum Gasteiger partial charge on any atom is 0.265 e. The van der Waals surface area contributed by atoms with Gasteiger partial charge in [-0.1, -0.05) is 91.7 Å². The normalized spacial score (nSPS) is 22.5. The topological polar surface area (TPSA) is 112 Å². The molecule has 252 valence electrons. The third-order valence-electron chi connectivity index (χ3n) is 9.95. The number of nitrogens with zero attached hydrogens (tertiary/aromatic N) is 1. The zero-order valence-corrected chi connectivity index (χ0v) is 29.9. The Balaban J connectivity index is 1.47. The van der Waals surface area contributed by atoms with Gasteiger partial charge in [-0.2, -0.15) is 21.4 Å². The highest BCUT2D eigenvalue weighted by atomic mass is 35.5. The van der Waals surface area contributed by atoms with Crippen molar-refractivity contribution in [2.75, 3.05) is 18.1 Å². The highest BCUT2D eigenvalue weighted by molar-refractivity contribution is 7.86. The van der Waals surface area contributed by atoms with Crippen LogP contribution in [0.25, 0.3) is 0 Å². The van der Waals surface area contributed by atoms with Crippen LogP contribution in [0.2, 0.25) is 0 Å². The summed E-state index contributed by atoms with van der Waals surface area (Å²) in [5.74, 6) is -0.517. The van der Waals surface area contributed by atoms with Gasteiger partial charge in [0.1, 0.15) is 6.54 Å². The lowest BCUT2D eigenvalue weighted by atomic mass is 9.79. The number of fused-ring (bicyclic) bond motifs is 2. The van der Waals surface area contributed by atoms with Crippen molar-refractivity contribution < 1.29 is 30.5 Å². The molecule has 2 aromatic carbocycles. The molecule has 0 saturated heterocycles. The van der Waals surface area contributed by atoms with Crippen molar-refractivity contribution >= 4 is 43.2 Å². The summed E-state index contributed by atoms with van der Waals surface area (Å²) in [5, 5.41) is 0.729. The number of hydrogen-bond acceptors (Lipinski definition) is 4. The molecule has 0 spiro atoms. The molecule has 2 aliphatic carbocycles. The summed E-state index contributed by atoms with van der Waals surface area (Å²) in [6.45, 7) is 9.18. The molecule has 5 rings (SSSR count). The van der Waals surface area contributed by atoms with Crippen molar-refractivity contribution in [3.05, 3.63) is 111 Å². The lowest BCUT2D eigenvalue weighted by Gasteiger charge is -2.25. The summed E-state index contributed by atoms with van der Waals surface area (Å²) in [6, 6.07) is 16.5. The van der Waals surface area contributed by atoms with Gasteiger partial charge >= 0.3 is 0 Å². The summed E-state index contributed by atoms with van der Waals surface area (Å²) in [7, 11) is -8.09. The first-order valence-corrected chi connectivity index (χ1v) is 19.8. The average Bonchev–Trinajstić information content (AvgIpc) is 3.33. The molecule has 0 aromatic heterocycles. The fourth-order valence-corrected chi connectivity index (χ4v) is 8.94. The lowest BCUT2D eigenvalue weighted by Crippen LogP contribution is -2.28. The van der Waals surface area contributed by atoms with Crippen molar-refractivity contribution in [2.24, 2.45) is 0 Å². The van der Waals surface area contributed by atoms with Gasteiger partial charge in [-0.05, 0) is 68.2 Å². The Morgan fingerprint density at radius 3 is 2.17 bits per heavy atom. The second-order valence-electron chi connectivity index (χ2n) is 13.9. The van der Waals surface area contributed by atoms with E-state index in [0.29, 0.717) is 25.8 Å². The van der Waals surface area contributed by atoms with E-state index in [1.807, 2.05) is 30.3 Å². The molecule has 0 radical (unpaired) electrons. The van der Waals surface area contributed by atoms with E-state index in [2.05, 4.69) is 74.8 Å². The molecule has 1 atom stereocenters. The van der Waals surface area contributed by atoms with E-state index < -0.39 is 20.2 Å². The van der Waals surface area contributed by atoms with Crippen LogP contribution >= 0.6 is 11.6 Å². The maximum absolute atomic E-state index is 11.5. The van der Waals surface area contributed by atoms with Gasteiger partial charge in [0.15, 0.2) is 5.71 Å². The molecule has 0 saturated carbocycles. The highest BCUT2D eigenvalue weighted by Gasteiger charge is 2.44. The van der Waals surface area contributed by atoms with E-state index in [9.17, 15) is 25.9 Å². The summed E-state index contributed by atoms with van der Waals surface area (Å²) in [5.41, 5.74) is 8.40. The number of benzene rings is 2. The molecule has 0 bridgehead atoms. The van der Waals surface area contributed by atoms with Gasteiger partial charge in [0.25, 0.3) is 20.2 Å². The number of para-hydroxylation sites is 1. The first-order chi connectivity index (χ1) is 22.0. The predicted octanol–water partition coefficient (Wildman–Crippen LogP) is 8.17. The minimum Gasteiger partial charge on any atom is -0.286 e. The van der Waals surface area contributed by atoms with Crippen molar-refractivity contribution in [1.82, 2.24) is 0 Å². The second-order valence-corrected chi connectivity index (χ2v) is 17.4. The average molecular weight is 699 g/mol. The van der Waals surface area contributed by atoms with E-state index in [4.69, 9.17) is 11.6 Å². The Labute approximate surface area is 285 Å². The summed E-state index contributed by atoms with van der Waals surface area (Å²) < 4.78 is 66.6. The van der Waals surface area contributed by atoms with E-state index in [0.717, 1.165) is 52.4 Å². The van der Waals surface area contributed by atoms with Gasteiger partial charge in [0.05, 0.1) is 16.9 Å². The van der Waals surface area contributed by atoms with Gasteiger partial charge in [-0.15, -0.1) is 0 Å². The zero-order chi connectivity index (χ0) is 34.2. The van der Waals surface area contributed by atoms with Gasteiger partial charge < -0.3 is 0 Å². The fraction of sp³-hybridized carbons (Fsp3) is 0.432. The minimum atomic E-state index is -4.06. The van der Waals surface area contributed by atoms with Gasteiger partial charge in [-0.3, -0.25) is 9.11 Å². The Hall–Kier alpha value is -2.82. The van der Waals surface area contributed by atoms with Crippen LogP contribution < -0.4 is 0 Å². The van der Waals surface area contributed by atoms with Crippen molar-refractivity contribution in [3.8, 4) is 0 Å². The number of halogens is 1. The van der Waals surface area contributed by atoms with Crippen molar-refractivity contribution in [2.45, 2.75) is 83.0 Å². The molecular formula is C37H45ClNO6S2+. The summed E-state index contributed by atoms with van der Waals surface area (Å²) in [4.78, 5) is 0. The number of hydrogen-bond donors (Lipinski definition) is 2. The molecule has 1 heterocycles. The third kappa shape index (κ3) is 7.75. The van der Waals surface area contributed by atoms with E-state index >= 15 is 0 Å². The number of rotatable bonds is 11. The molecule has 2 N–H and O–H groups in total. The van der Waals surface area contributed by atoms with Crippen LogP contribution in [0.5, 0.6) is 0 Å². The second kappa shape index (κ2) is 13.6. The Bertz CT molecular complexity index is 1930. The van der Waals surface area contributed by atoms with E-state index in [-0.39, 0.29) is 28.3 Å². The summed E-state index contributed by atoms with van der Waals surface area (Å²) >= 11 is 7.10. The quantitative estimate of drug-likeness (QED) is 0.181. The molecule has 0 amide bonds. The molecule has 1 unspecified atom stereocenters. The van der Waals surface area contributed by atoms with Crippen LogP contribution in [0.1, 0.15) is 88.8 Å². The molecule has 10 heteroatoms. The molecule has 2 aromatic rings. The zero-order valence-electron chi connectivity index (χ0n) is 27.5. The SMILES string of the molecule is CC1(C)C(/C=C/C2=C(Cl)C(=C/C=C3\C(CCCS(=O)(=O)O)c4ccccc4C3(C)C)/CCC2)=[N+](CCCS(=O)(=O)O)c2ccccc21. The summed E-state index contributed by atoms with van der Waals surface area (Å²) in [6.07, 6.45) is 12.4. The number of allylic oxidation sites excluding steroid dienone is 8. The molecule has 7 nitrogen and oxygen atoms in total. The predicted molar refractivity (Wildman–Crippen MR) is 190 cm³/mol. The lowest BCUT2D eigenvalue weighted by molar-refractivity contribution is -0.437. The molecule has 47 heavy (non-hydrogen) atoms. The highest BCUT2D eigenvalue weighted by Crippen LogP contribution is 2.52. The van der Waals surface area contributed by atoms with Crippen LogP contribution in [0, 0.1) is 0 Å². The van der Waals surface area contributed by atoms with Crippen molar-refractivity contribution in [1.29, 1.82) is 0 Å². The Kier molecular flexibility index (Phi) is 10.3. The molecular weight excluding hydrogens is 654 g/mol. The van der Waals surface area contributed by atoms with E-state index in [1.54, 1.807) is 0 Å². The van der Waals surface area contributed by atoms with E-state index in [1.165, 1.54) is 16.7 Å². The van der Waals surface area contributed by atoms with Gasteiger partial charge in [0, 0.05) is 40.5 Å². The van der Waals surface area contributed by atoms with Gasteiger partial charge in [0.2, 0.25) is 5.69 Å². The first kappa shape index (κ1) is 35.5. The molecule has 0 fully saturated rings. The Morgan fingerprint density at radius 2 is 1.47 bits per heavy atom. The monoisotopic (exact) mass is 698 g/mol. The van der Waals surface area contributed by atoms with Crippen LogP contribution in [-0.4, -0.2) is 54.3 Å². The standard InChI is InChI=1S/C37H44ClNO6S2/c1-36(2)30-16-6-5-14-28(30)29(15-10-24-46(40,41)42)31(36)21-19-26-12-9-13-27(35(26)38)20-22-34-37(3,4)32-17-7-8-18-33(32)39(34)23-11-25-47(43,44)45/h5-8,14,16-22,29H,9-13,15,23-25H2,1-4H3,(H-,40,41,42,43,44,45)/p+1/b22-20+,26-19+,31-21+. The largest absolute Gasteiger partial charge is 0.286 e. The third-order valence-corrected chi connectivity index (χ3v) is 12.0. The fourth-order valence-electron chi connectivity index (χ4n) is 7.60. The van der Waals surface area contributed by atoms with Crippen LogP contribution in [0.3, 0.4) is 0 Å². The maximum atomic E-state index is 11.5. The van der Waals surface area contributed by atoms with Gasteiger partial charge in [-0.25, -0.2) is 0 Å². The first-order valence-electron chi connectivity index (χ1n) is 16.2. The van der Waals surface area contributed by atoms with Crippen molar-refractivity contribution in [3.63, 3.8) is 0 Å². The smallest absolute Gasteiger partial charge is 0.265 e. The van der Waals surface area contributed by atoms with Crippen LogP contribution in [0.15, 0.2) is 94.6 Å². The minimum absolute atomic E-state index is 0.0416. The van der Waals surface area contributed by atoms with Crippen LogP contribution in [0.4, 0.5) is 5.69 Å². The van der Waals surface area contributed by atoms with Crippen LogP contribution in [-0.2, 0) is 31.1 Å². The Morgan fingerprint density at radius 1 is 0.830 bits per heavy atom.